The minimum absolute atomic E-state index is 0.835. The molecule has 2 N–H and O–H groups in total. The number of nitrogens with one attached hydrogen (secondary N) is 2. The molecule has 4 nitrogen and oxygen atoms in total. The lowest BCUT2D eigenvalue weighted by molar-refractivity contribution is 1.23. The lowest BCUT2D eigenvalue weighted by Crippen LogP contribution is -1.94. The number of aromatic amines is 1. The van der Waals surface area contributed by atoms with E-state index in [2.05, 4.69) is 93.1 Å². The van der Waals surface area contributed by atoms with E-state index in [1.165, 1.54) is 21.2 Å². The Morgan fingerprint density at radius 1 is 0.759 bits per heavy atom. The highest BCUT2D eigenvalue weighted by molar-refractivity contribution is 7.22. The maximum atomic E-state index is 4.52. The Labute approximate surface area is 170 Å². The van der Waals surface area contributed by atoms with Crippen LogP contribution in [-0.4, -0.2) is 15.0 Å². The molecule has 3 heterocycles. The van der Waals surface area contributed by atoms with Crippen molar-refractivity contribution in [3.05, 3.63) is 85.2 Å². The van der Waals surface area contributed by atoms with E-state index >= 15 is 0 Å². The van der Waals surface area contributed by atoms with E-state index in [0.717, 1.165) is 32.8 Å². The molecule has 0 atom stereocenters. The van der Waals surface area contributed by atoms with Gasteiger partial charge in [-0.15, -0.1) is 11.3 Å². The van der Waals surface area contributed by atoms with Crippen LogP contribution >= 0.6 is 11.3 Å². The summed E-state index contributed by atoms with van der Waals surface area (Å²) in [5.41, 5.74) is 5.44. The van der Waals surface area contributed by atoms with Crippen molar-refractivity contribution in [2.75, 3.05) is 5.32 Å². The van der Waals surface area contributed by atoms with Crippen molar-refractivity contribution >= 4 is 54.9 Å². The smallest absolute Gasteiger partial charge is 0.151 e. The summed E-state index contributed by atoms with van der Waals surface area (Å²) in [5, 5.41) is 5.93. The van der Waals surface area contributed by atoms with Crippen molar-refractivity contribution in [3.8, 4) is 10.4 Å². The summed E-state index contributed by atoms with van der Waals surface area (Å²) >= 11 is 1.71. The lowest BCUT2D eigenvalue weighted by Gasteiger charge is -2.06. The standard InChI is InChI=1S/C24H16N4S/c1-2-6-15(7-3-1)22-13-21-23(29-22)24(26-14-25-21)27-16-10-11-20-18(12-16)17-8-4-5-9-19(17)28-20/h1-14,28H,(H,25,26,27). The summed E-state index contributed by atoms with van der Waals surface area (Å²) in [4.78, 5) is 13.6. The maximum absolute atomic E-state index is 4.52. The molecule has 3 aromatic carbocycles. The zero-order valence-electron chi connectivity index (χ0n) is 15.4. The summed E-state index contributed by atoms with van der Waals surface area (Å²) in [6.07, 6.45) is 1.62. The Hall–Kier alpha value is -3.70. The van der Waals surface area contributed by atoms with Crippen LogP contribution in [0.1, 0.15) is 0 Å². The van der Waals surface area contributed by atoms with Crippen LogP contribution in [0, 0.1) is 0 Å². The van der Waals surface area contributed by atoms with Crippen LogP contribution in [0.3, 0.4) is 0 Å². The number of aromatic nitrogens is 3. The lowest BCUT2D eigenvalue weighted by atomic mass is 10.1. The van der Waals surface area contributed by atoms with Gasteiger partial charge in [0.05, 0.1) is 10.2 Å². The van der Waals surface area contributed by atoms with Gasteiger partial charge < -0.3 is 10.3 Å². The van der Waals surface area contributed by atoms with Gasteiger partial charge in [-0.05, 0) is 35.9 Å². The second kappa shape index (κ2) is 6.43. The topological polar surface area (TPSA) is 53.6 Å². The second-order valence-electron chi connectivity index (χ2n) is 6.97. The van der Waals surface area contributed by atoms with Crippen LogP contribution in [0.4, 0.5) is 11.5 Å². The molecule has 0 amide bonds. The predicted octanol–water partition coefficient (Wildman–Crippen LogP) is 6.74. The van der Waals surface area contributed by atoms with Gasteiger partial charge in [-0.1, -0.05) is 48.5 Å². The van der Waals surface area contributed by atoms with Gasteiger partial charge in [-0.2, -0.15) is 0 Å². The SMILES string of the molecule is c1ccc(-c2cc3ncnc(Nc4ccc5[nH]c6ccccc6c5c4)c3s2)cc1. The highest BCUT2D eigenvalue weighted by Crippen LogP contribution is 2.37. The molecule has 0 fully saturated rings. The van der Waals surface area contributed by atoms with E-state index in [-0.39, 0.29) is 0 Å². The van der Waals surface area contributed by atoms with Crippen LogP contribution < -0.4 is 5.32 Å². The number of thiophene rings is 1. The van der Waals surface area contributed by atoms with Crippen LogP contribution in [0.25, 0.3) is 42.5 Å². The predicted molar refractivity (Wildman–Crippen MR) is 122 cm³/mol. The largest absolute Gasteiger partial charge is 0.355 e. The van der Waals surface area contributed by atoms with Crippen LogP contribution in [0.5, 0.6) is 0 Å². The minimum atomic E-state index is 0.835. The number of nitrogens with zero attached hydrogens (tertiary/aromatic N) is 2. The van der Waals surface area contributed by atoms with E-state index in [1.807, 2.05) is 6.07 Å². The van der Waals surface area contributed by atoms with Crippen molar-refractivity contribution in [2.45, 2.75) is 0 Å². The summed E-state index contributed by atoms with van der Waals surface area (Å²) in [7, 11) is 0. The summed E-state index contributed by atoms with van der Waals surface area (Å²) in [6, 6.07) is 27.3. The van der Waals surface area contributed by atoms with Gasteiger partial charge in [0, 0.05) is 32.4 Å². The van der Waals surface area contributed by atoms with Gasteiger partial charge >= 0.3 is 0 Å². The van der Waals surface area contributed by atoms with Gasteiger partial charge in [-0.3, -0.25) is 0 Å². The fourth-order valence-electron chi connectivity index (χ4n) is 3.75. The molecule has 29 heavy (non-hydrogen) atoms. The quantitative estimate of drug-likeness (QED) is 0.351. The van der Waals surface area contributed by atoms with E-state index in [4.69, 9.17) is 0 Å². The second-order valence-corrected chi connectivity index (χ2v) is 8.02. The number of rotatable bonds is 3. The number of anilines is 2. The highest BCUT2D eigenvalue weighted by atomic mass is 32.1. The Morgan fingerprint density at radius 3 is 2.52 bits per heavy atom. The molecule has 6 rings (SSSR count). The molecule has 0 saturated heterocycles. The number of hydrogen-bond acceptors (Lipinski definition) is 4. The average molecular weight is 392 g/mol. The van der Waals surface area contributed by atoms with Crippen LogP contribution in [-0.2, 0) is 0 Å². The molecule has 138 valence electrons. The van der Waals surface area contributed by atoms with Crippen LogP contribution in [0.15, 0.2) is 85.2 Å². The zero-order valence-corrected chi connectivity index (χ0v) is 16.2. The molecule has 0 saturated carbocycles. The summed E-state index contributed by atoms with van der Waals surface area (Å²) < 4.78 is 1.06. The van der Waals surface area contributed by atoms with Gasteiger partial charge in [0.1, 0.15) is 6.33 Å². The fourth-order valence-corrected chi connectivity index (χ4v) is 4.81. The van der Waals surface area contributed by atoms with E-state index in [1.54, 1.807) is 17.7 Å². The molecule has 0 bridgehead atoms. The minimum Gasteiger partial charge on any atom is -0.355 e. The number of hydrogen-bond donors (Lipinski definition) is 2. The first-order valence-corrected chi connectivity index (χ1v) is 10.2. The van der Waals surface area contributed by atoms with Gasteiger partial charge in [-0.25, -0.2) is 9.97 Å². The molecule has 5 heteroatoms. The molecule has 0 radical (unpaired) electrons. The maximum Gasteiger partial charge on any atom is 0.151 e. The van der Waals surface area contributed by atoms with Gasteiger partial charge in [0.15, 0.2) is 5.82 Å². The third-order valence-corrected chi connectivity index (χ3v) is 6.32. The molecule has 0 unspecified atom stereocenters. The fraction of sp³-hybridized carbons (Fsp3) is 0. The number of para-hydroxylation sites is 1. The van der Waals surface area contributed by atoms with E-state index in [0.29, 0.717) is 0 Å². The zero-order chi connectivity index (χ0) is 19.2. The first-order chi connectivity index (χ1) is 14.3. The van der Waals surface area contributed by atoms with Gasteiger partial charge in [0.25, 0.3) is 0 Å². The van der Waals surface area contributed by atoms with Crippen molar-refractivity contribution in [1.29, 1.82) is 0 Å². The summed E-state index contributed by atoms with van der Waals surface area (Å²) in [6.45, 7) is 0. The Balaban J connectivity index is 1.44. The Morgan fingerprint density at radius 2 is 1.59 bits per heavy atom. The van der Waals surface area contributed by atoms with Gasteiger partial charge in [0.2, 0.25) is 0 Å². The summed E-state index contributed by atoms with van der Waals surface area (Å²) in [5.74, 6) is 0.835. The molecular formula is C24H16N4S. The van der Waals surface area contributed by atoms with Crippen molar-refractivity contribution < 1.29 is 0 Å². The average Bonchev–Trinajstić information content (AvgIpc) is 3.36. The molecule has 0 aliphatic carbocycles. The molecule has 0 spiro atoms. The number of H-pyrrole nitrogens is 1. The first kappa shape index (κ1) is 16.3. The van der Waals surface area contributed by atoms with Crippen LogP contribution in [0.2, 0.25) is 0 Å². The molecule has 3 aromatic heterocycles. The Kier molecular flexibility index (Phi) is 3.61. The number of benzene rings is 3. The van der Waals surface area contributed by atoms with E-state index in [9.17, 15) is 0 Å². The monoisotopic (exact) mass is 392 g/mol. The highest BCUT2D eigenvalue weighted by Gasteiger charge is 2.11. The van der Waals surface area contributed by atoms with E-state index < -0.39 is 0 Å². The molecular weight excluding hydrogens is 376 g/mol. The number of fused-ring (bicyclic) bond motifs is 4. The third-order valence-electron chi connectivity index (χ3n) is 5.14. The molecule has 6 aromatic rings. The Bertz CT molecular complexity index is 1480. The third kappa shape index (κ3) is 2.75. The molecule has 0 aliphatic rings. The van der Waals surface area contributed by atoms with Crippen molar-refractivity contribution in [2.24, 2.45) is 0 Å². The van der Waals surface area contributed by atoms with Crippen molar-refractivity contribution in [1.82, 2.24) is 15.0 Å². The van der Waals surface area contributed by atoms with Crippen molar-refractivity contribution in [3.63, 3.8) is 0 Å². The first-order valence-electron chi connectivity index (χ1n) is 9.43. The molecule has 0 aliphatic heterocycles. The normalized spacial score (nSPS) is 11.4.